The van der Waals surface area contributed by atoms with Crippen molar-refractivity contribution in [1.82, 2.24) is 0 Å². The van der Waals surface area contributed by atoms with Crippen LogP contribution in [-0.4, -0.2) is 10.9 Å². The standard InChI is InChI=1S/C10H10FNO/c11-9-5-3-8(4-6-9)10(12-13)7-1-2-7/h3-7,13H,1-2H2/b12-10-. The zero-order valence-corrected chi connectivity index (χ0v) is 7.07. The van der Waals surface area contributed by atoms with Gasteiger partial charge in [-0.3, -0.25) is 0 Å². The van der Waals surface area contributed by atoms with Gasteiger partial charge in [0.15, 0.2) is 0 Å². The van der Waals surface area contributed by atoms with Crippen LogP contribution in [0.1, 0.15) is 18.4 Å². The minimum absolute atomic E-state index is 0.267. The van der Waals surface area contributed by atoms with Crippen LogP contribution >= 0.6 is 0 Å². The third kappa shape index (κ3) is 1.69. The maximum absolute atomic E-state index is 12.6. The molecule has 0 atom stereocenters. The van der Waals surface area contributed by atoms with Gasteiger partial charge in [-0.05, 0) is 30.5 Å². The lowest BCUT2D eigenvalue weighted by molar-refractivity contribution is 0.317. The lowest BCUT2D eigenvalue weighted by Crippen LogP contribution is -2.03. The fraction of sp³-hybridized carbons (Fsp3) is 0.300. The van der Waals surface area contributed by atoms with Gasteiger partial charge in [-0.15, -0.1) is 0 Å². The SMILES string of the molecule is O/N=C(\c1ccc(F)cc1)C1CC1. The van der Waals surface area contributed by atoms with Gasteiger partial charge in [0.05, 0.1) is 5.71 Å². The Morgan fingerprint density at radius 2 is 1.92 bits per heavy atom. The lowest BCUT2D eigenvalue weighted by Gasteiger charge is -2.01. The molecule has 0 aliphatic heterocycles. The molecule has 0 saturated heterocycles. The Morgan fingerprint density at radius 3 is 2.38 bits per heavy atom. The molecule has 1 saturated carbocycles. The van der Waals surface area contributed by atoms with Crippen LogP contribution in [-0.2, 0) is 0 Å². The van der Waals surface area contributed by atoms with E-state index < -0.39 is 0 Å². The van der Waals surface area contributed by atoms with Crippen molar-refractivity contribution in [2.75, 3.05) is 0 Å². The third-order valence-electron chi connectivity index (χ3n) is 2.21. The number of rotatable bonds is 2. The summed E-state index contributed by atoms with van der Waals surface area (Å²) in [6.45, 7) is 0. The maximum Gasteiger partial charge on any atom is 0.123 e. The lowest BCUT2D eigenvalue weighted by atomic mass is 10.1. The summed E-state index contributed by atoms with van der Waals surface area (Å²) in [4.78, 5) is 0. The summed E-state index contributed by atoms with van der Waals surface area (Å²) in [5.41, 5.74) is 1.49. The number of hydrogen-bond acceptors (Lipinski definition) is 2. The van der Waals surface area contributed by atoms with Gasteiger partial charge in [0.2, 0.25) is 0 Å². The molecule has 1 aliphatic rings. The van der Waals surface area contributed by atoms with E-state index in [2.05, 4.69) is 5.16 Å². The predicted molar refractivity (Wildman–Crippen MR) is 47.4 cm³/mol. The van der Waals surface area contributed by atoms with Gasteiger partial charge in [0.1, 0.15) is 5.82 Å². The molecule has 0 aromatic heterocycles. The van der Waals surface area contributed by atoms with E-state index in [1.165, 1.54) is 12.1 Å². The Balaban J connectivity index is 2.28. The molecule has 0 radical (unpaired) electrons. The summed E-state index contributed by atoms with van der Waals surface area (Å²) in [6, 6.07) is 6.04. The smallest absolute Gasteiger partial charge is 0.123 e. The molecule has 1 aliphatic carbocycles. The summed E-state index contributed by atoms with van der Waals surface area (Å²) < 4.78 is 12.6. The summed E-state index contributed by atoms with van der Waals surface area (Å²) >= 11 is 0. The molecule has 13 heavy (non-hydrogen) atoms. The second-order valence-electron chi connectivity index (χ2n) is 3.27. The minimum atomic E-state index is -0.267. The molecule has 1 aromatic carbocycles. The Hall–Kier alpha value is -1.38. The Morgan fingerprint density at radius 1 is 1.31 bits per heavy atom. The van der Waals surface area contributed by atoms with Crippen LogP contribution in [0.2, 0.25) is 0 Å². The molecule has 0 amide bonds. The molecule has 3 heteroatoms. The summed E-state index contributed by atoms with van der Waals surface area (Å²) in [5.74, 6) is 0.104. The molecule has 1 aromatic rings. The van der Waals surface area contributed by atoms with E-state index in [1.54, 1.807) is 12.1 Å². The van der Waals surface area contributed by atoms with Gasteiger partial charge in [0.25, 0.3) is 0 Å². The average Bonchev–Trinajstić information content (AvgIpc) is 2.93. The van der Waals surface area contributed by atoms with Crippen molar-refractivity contribution in [1.29, 1.82) is 0 Å². The van der Waals surface area contributed by atoms with Gasteiger partial charge >= 0.3 is 0 Å². The largest absolute Gasteiger partial charge is 0.411 e. The number of benzene rings is 1. The molecule has 0 bridgehead atoms. The van der Waals surface area contributed by atoms with Crippen molar-refractivity contribution in [3.63, 3.8) is 0 Å². The summed E-state index contributed by atoms with van der Waals surface area (Å²) in [5, 5.41) is 12.0. The fourth-order valence-corrected chi connectivity index (χ4v) is 1.35. The monoisotopic (exact) mass is 179 g/mol. The van der Waals surface area contributed by atoms with Gasteiger partial charge in [-0.2, -0.15) is 0 Å². The van der Waals surface area contributed by atoms with Crippen molar-refractivity contribution < 1.29 is 9.60 Å². The molecular weight excluding hydrogens is 169 g/mol. The van der Waals surface area contributed by atoms with E-state index in [9.17, 15) is 4.39 Å². The van der Waals surface area contributed by atoms with E-state index in [-0.39, 0.29) is 5.82 Å². The average molecular weight is 179 g/mol. The van der Waals surface area contributed by atoms with Gasteiger partial charge < -0.3 is 5.21 Å². The Labute approximate surface area is 75.7 Å². The second kappa shape index (κ2) is 3.17. The highest BCUT2D eigenvalue weighted by molar-refractivity contribution is 6.03. The van der Waals surface area contributed by atoms with Gasteiger partial charge in [-0.1, -0.05) is 17.3 Å². The van der Waals surface area contributed by atoms with Crippen LogP contribution in [0.15, 0.2) is 29.4 Å². The van der Waals surface area contributed by atoms with Crippen LogP contribution in [0, 0.1) is 11.7 Å². The van der Waals surface area contributed by atoms with E-state index in [0.717, 1.165) is 18.4 Å². The van der Waals surface area contributed by atoms with Crippen molar-refractivity contribution in [2.45, 2.75) is 12.8 Å². The zero-order chi connectivity index (χ0) is 9.26. The predicted octanol–water partition coefficient (Wildman–Crippen LogP) is 2.41. The van der Waals surface area contributed by atoms with Crippen molar-refractivity contribution in [3.8, 4) is 0 Å². The first kappa shape index (κ1) is 8.23. The van der Waals surface area contributed by atoms with Crippen molar-refractivity contribution in [2.24, 2.45) is 11.1 Å². The van der Waals surface area contributed by atoms with Crippen molar-refractivity contribution >= 4 is 5.71 Å². The van der Waals surface area contributed by atoms with E-state index in [4.69, 9.17) is 5.21 Å². The Kier molecular flexibility index (Phi) is 2.00. The zero-order valence-electron chi connectivity index (χ0n) is 7.07. The van der Waals surface area contributed by atoms with Crippen molar-refractivity contribution in [3.05, 3.63) is 35.6 Å². The number of oxime groups is 1. The van der Waals surface area contributed by atoms with Gasteiger partial charge in [0, 0.05) is 5.92 Å². The van der Waals surface area contributed by atoms with E-state index in [1.807, 2.05) is 0 Å². The van der Waals surface area contributed by atoms with Crippen LogP contribution in [0.3, 0.4) is 0 Å². The first-order chi connectivity index (χ1) is 6.31. The van der Waals surface area contributed by atoms with Crippen LogP contribution in [0.25, 0.3) is 0 Å². The maximum atomic E-state index is 12.6. The molecule has 0 unspecified atom stereocenters. The Bertz CT molecular complexity index is 327. The molecular formula is C10H10FNO. The third-order valence-corrected chi connectivity index (χ3v) is 2.21. The fourth-order valence-electron chi connectivity index (χ4n) is 1.35. The van der Waals surface area contributed by atoms with Crippen LogP contribution < -0.4 is 0 Å². The molecule has 68 valence electrons. The molecule has 2 rings (SSSR count). The molecule has 0 spiro atoms. The highest BCUT2D eigenvalue weighted by Crippen LogP contribution is 2.33. The summed E-state index contributed by atoms with van der Waals surface area (Å²) in [6.07, 6.45) is 2.13. The van der Waals surface area contributed by atoms with Gasteiger partial charge in [-0.25, -0.2) is 4.39 Å². The first-order valence-corrected chi connectivity index (χ1v) is 4.29. The van der Waals surface area contributed by atoms with Crippen LogP contribution in [0.4, 0.5) is 4.39 Å². The first-order valence-electron chi connectivity index (χ1n) is 4.29. The number of hydrogen-bond donors (Lipinski definition) is 1. The molecule has 1 N–H and O–H groups in total. The van der Waals surface area contributed by atoms with E-state index in [0.29, 0.717) is 11.6 Å². The summed E-state index contributed by atoms with van der Waals surface area (Å²) in [7, 11) is 0. The second-order valence-corrected chi connectivity index (χ2v) is 3.27. The van der Waals surface area contributed by atoms with E-state index >= 15 is 0 Å². The number of halogens is 1. The highest BCUT2D eigenvalue weighted by Gasteiger charge is 2.28. The molecule has 0 heterocycles. The molecule has 2 nitrogen and oxygen atoms in total. The highest BCUT2D eigenvalue weighted by atomic mass is 19.1. The minimum Gasteiger partial charge on any atom is -0.411 e. The topological polar surface area (TPSA) is 32.6 Å². The number of nitrogens with zero attached hydrogens (tertiary/aromatic N) is 1. The normalized spacial score (nSPS) is 17.5. The van der Waals surface area contributed by atoms with Crippen LogP contribution in [0.5, 0.6) is 0 Å². The quantitative estimate of drug-likeness (QED) is 0.422. The molecule has 1 fully saturated rings.